The van der Waals surface area contributed by atoms with Crippen LogP contribution in [0, 0.1) is 5.92 Å². The zero-order valence-electron chi connectivity index (χ0n) is 13.4. The Morgan fingerprint density at radius 2 is 1.92 bits per heavy atom. The van der Waals surface area contributed by atoms with E-state index in [1.54, 1.807) is 0 Å². The van der Waals surface area contributed by atoms with Crippen molar-refractivity contribution < 1.29 is 19.1 Å². The van der Waals surface area contributed by atoms with E-state index in [1.165, 1.54) is 4.90 Å². The van der Waals surface area contributed by atoms with Crippen molar-refractivity contribution in [2.24, 2.45) is 5.92 Å². The molecule has 0 bridgehead atoms. The zero-order valence-corrected chi connectivity index (χ0v) is 15.0. The Hall–Kier alpha value is -1.76. The number of imide groups is 1. The second-order valence-corrected chi connectivity index (χ2v) is 7.74. The first-order chi connectivity index (χ1) is 11.5. The predicted octanol–water partition coefficient (Wildman–Crippen LogP) is 3.18. The molecule has 3 amide bonds. The van der Waals surface area contributed by atoms with Gasteiger partial charge in [-0.15, -0.1) is 0 Å². The number of halogens is 1. The van der Waals surface area contributed by atoms with Gasteiger partial charge in [-0.1, -0.05) is 22.9 Å². The van der Waals surface area contributed by atoms with E-state index in [1.807, 2.05) is 12.1 Å². The molecular formula is C17H19BrN2O4. The number of nitrogens with one attached hydrogen (secondary N) is 1. The predicted molar refractivity (Wildman–Crippen MR) is 89.7 cm³/mol. The van der Waals surface area contributed by atoms with Gasteiger partial charge in [0.25, 0.3) is 5.91 Å². The number of fused-ring (bicyclic) bond motifs is 1. The van der Waals surface area contributed by atoms with Crippen molar-refractivity contribution in [3.8, 4) is 11.5 Å². The number of benzene rings is 1. The molecule has 0 unspecified atom stereocenters. The van der Waals surface area contributed by atoms with Crippen molar-refractivity contribution in [3.05, 3.63) is 22.2 Å². The Balaban J connectivity index is 1.57. The van der Waals surface area contributed by atoms with Crippen molar-refractivity contribution in [1.29, 1.82) is 0 Å². The largest absolute Gasteiger partial charge is 0.454 e. The lowest BCUT2D eigenvalue weighted by Gasteiger charge is -2.33. The molecule has 1 saturated carbocycles. The van der Waals surface area contributed by atoms with E-state index in [9.17, 15) is 9.59 Å². The maximum Gasteiger partial charge on any atom is 0.325 e. The molecule has 1 saturated heterocycles. The number of hydrogen-bond donors (Lipinski definition) is 1. The van der Waals surface area contributed by atoms with E-state index >= 15 is 0 Å². The average Bonchev–Trinajstić information content (AvgIpc) is 3.09. The van der Waals surface area contributed by atoms with Gasteiger partial charge in [-0.2, -0.15) is 0 Å². The number of amides is 3. The van der Waals surface area contributed by atoms with Gasteiger partial charge in [-0.25, -0.2) is 4.79 Å². The Morgan fingerprint density at radius 3 is 2.62 bits per heavy atom. The average molecular weight is 395 g/mol. The van der Waals surface area contributed by atoms with Crippen LogP contribution < -0.4 is 14.8 Å². The molecule has 0 atom stereocenters. The monoisotopic (exact) mass is 394 g/mol. The Labute approximate surface area is 148 Å². The van der Waals surface area contributed by atoms with Gasteiger partial charge in [-0.3, -0.25) is 9.69 Å². The number of nitrogens with zero attached hydrogens (tertiary/aromatic N) is 1. The molecule has 3 aliphatic rings. The van der Waals surface area contributed by atoms with Crippen LogP contribution in [0.25, 0.3) is 0 Å². The van der Waals surface area contributed by atoms with Gasteiger partial charge >= 0.3 is 6.03 Å². The highest BCUT2D eigenvalue weighted by Gasteiger charge is 2.52. The van der Waals surface area contributed by atoms with Gasteiger partial charge in [0.1, 0.15) is 5.54 Å². The molecular weight excluding hydrogens is 376 g/mol. The summed E-state index contributed by atoms with van der Waals surface area (Å²) in [4.78, 5) is 26.6. The third kappa shape index (κ3) is 2.46. The highest BCUT2D eigenvalue weighted by molar-refractivity contribution is 9.10. The Bertz CT molecular complexity index is 713. The summed E-state index contributed by atoms with van der Waals surface area (Å²) in [6.45, 7) is 2.60. The van der Waals surface area contributed by atoms with Gasteiger partial charge < -0.3 is 14.8 Å². The van der Waals surface area contributed by atoms with Crippen LogP contribution >= 0.6 is 15.9 Å². The van der Waals surface area contributed by atoms with Crippen LogP contribution in [0.4, 0.5) is 4.79 Å². The molecule has 7 heteroatoms. The first-order valence-corrected chi connectivity index (χ1v) is 9.00. The molecule has 1 aliphatic carbocycles. The molecule has 24 heavy (non-hydrogen) atoms. The second kappa shape index (κ2) is 5.65. The molecule has 6 nitrogen and oxygen atoms in total. The van der Waals surface area contributed by atoms with Gasteiger partial charge in [0.05, 0.1) is 6.54 Å². The van der Waals surface area contributed by atoms with Crippen LogP contribution in [0.5, 0.6) is 11.5 Å². The lowest BCUT2D eigenvalue weighted by molar-refractivity contribution is -0.133. The minimum atomic E-state index is -0.702. The molecule has 1 spiro atoms. The van der Waals surface area contributed by atoms with E-state index in [4.69, 9.17) is 9.47 Å². The highest BCUT2D eigenvalue weighted by Crippen LogP contribution is 2.40. The van der Waals surface area contributed by atoms with Crippen molar-refractivity contribution in [3.63, 3.8) is 0 Å². The summed E-state index contributed by atoms with van der Waals surface area (Å²) in [5.41, 5.74) is 0.121. The van der Waals surface area contributed by atoms with Gasteiger partial charge in [0.2, 0.25) is 6.79 Å². The molecule has 0 aromatic heterocycles. The first-order valence-electron chi connectivity index (χ1n) is 8.21. The minimum absolute atomic E-state index is 0.107. The second-order valence-electron chi connectivity index (χ2n) is 6.88. The number of rotatable bonds is 2. The van der Waals surface area contributed by atoms with Crippen LogP contribution in [0.15, 0.2) is 16.6 Å². The smallest absolute Gasteiger partial charge is 0.325 e. The highest BCUT2D eigenvalue weighted by atomic mass is 79.9. The fraction of sp³-hybridized carbons (Fsp3) is 0.529. The van der Waals surface area contributed by atoms with Crippen molar-refractivity contribution >= 4 is 27.9 Å². The van der Waals surface area contributed by atoms with E-state index in [2.05, 4.69) is 28.2 Å². The Kier molecular flexibility index (Phi) is 3.71. The van der Waals surface area contributed by atoms with Crippen molar-refractivity contribution in [2.75, 3.05) is 6.79 Å². The normalized spacial score (nSPS) is 28.6. The third-order valence-electron chi connectivity index (χ3n) is 5.24. The summed E-state index contributed by atoms with van der Waals surface area (Å²) in [6, 6.07) is 3.33. The maximum atomic E-state index is 12.9. The summed E-state index contributed by atoms with van der Waals surface area (Å²) in [6.07, 6.45) is 3.37. The standard InChI is InChI=1S/C17H19BrN2O4/c1-10-2-4-17(5-3-10)15(21)20(16(22)19-17)8-11-6-13-14(7-12(11)18)24-9-23-13/h6-7,10H,2-5,8-9H2,1H3,(H,19,22). The van der Waals surface area contributed by atoms with Crippen LogP contribution in [-0.2, 0) is 11.3 Å². The van der Waals surface area contributed by atoms with Gasteiger partial charge in [0.15, 0.2) is 11.5 Å². The van der Waals surface area contributed by atoms with E-state index in [0.29, 0.717) is 17.4 Å². The molecule has 1 aromatic carbocycles. The summed E-state index contributed by atoms with van der Waals surface area (Å²) >= 11 is 3.49. The molecule has 1 aromatic rings. The lowest BCUT2D eigenvalue weighted by Crippen LogP contribution is -2.49. The maximum absolute atomic E-state index is 12.9. The number of urea groups is 1. The van der Waals surface area contributed by atoms with Gasteiger partial charge in [0, 0.05) is 4.47 Å². The number of hydrogen-bond acceptors (Lipinski definition) is 4. The van der Waals surface area contributed by atoms with Gasteiger partial charge in [-0.05, 0) is 49.3 Å². The topological polar surface area (TPSA) is 67.9 Å². The van der Waals surface area contributed by atoms with E-state index < -0.39 is 5.54 Å². The summed E-state index contributed by atoms with van der Waals surface area (Å²) < 4.78 is 11.5. The van der Waals surface area contributed by atoms with Crippen LogP contribution in [-0.4, -0.2) is 29.2 Å². The van der Waals surface area contributed by atoms with Crippen LogP contribution in [0.1, 0.15) is 38.2 Å². The molecule has 1 N–H and O–H groups in total. The summed E-state index contributed by atoms with van der Waals surface area (Å²) in [5.74, 6) is 1.81. The molecule has 4 rings (SSSR count). The third-order valence-corrected chi connectivity index (χ3v) is 5.98. The number of carbonyl (C=O) groups excluding carboxylic acids is 2. The molecule has 0 radical (unpaired) electrons. The first kappa shape index (κ1) is 15.7. The summed E-state index contributed by atoms with van der Waals surface area (Å²) in [7, 11) is 0. The van der Waals surface area contributed by atoms with E-state index in [0.717, 1.165) is 35.7 Å². The molecule has 2 heterocycles. The fourth-order valence-electron chi connectivity index (χ4n) is 3.66. The van der Waals surface area contributed by atoms with Crippen LogP contribution in [0.2, 0.25) is 0 Å². The number of carbonyl (C=O) groups is 2. The molecule has 2 fully saturated rings. The fourth-order valence-corrected chi connectivity index (χ4v) is 4.11. The van der Waals surface area contributed by atoms with Crippen molar-refractivity contribution in [1.82, 2.24) is 10.2 Å². The van der Waals surface area contributed by atoms with Crippen molar-refractivity contribution in [2.45, 2.75) is 44.7 Å². The summed E-state index contributed by atoms with van der Waals surface area (Å²) in [5, 5.41) is 2.95. The quantitative estimate of drug-likeness (QED) is 0.782. The van der Waals surface area contributed by atoms with Crippen LogP contribution in [0.3, 0.4) is 0 Å². The minimum Gasteiger partial charge on any atom is -0.454 e. The Morgan fingerprint density at radius 1 is 1.25 bits per heavy atom. The lowest BCUT2D eigenvalue weighted by atomic mass is 9.77. The molecule has 128 valence electrons. The zero-order chi connectivity index (χ0) is 16.9. The number of ether oxygens (including phenoxy) is 2. The molecule has 2 aliphatic heterocycles. The SMILES string of the molecule is CC1CCC2(CC1)NC(=O)N(Cc1cc3c(cc1Br)OCO3)C2=O. The van der Waals surface area contributed by atoms with E-state index in [-0.39, 0.29) is 25.3 Å².